The van der Waals surface area contributed by atoms with Crippen LogP contribution in [0.1, 0.15) is 23.7 Å². The number of carbonyl (C=O) groups excluding carboxylic acids is 1. The highest BCUT2D eigenvalue weighted by Crippen LogP contribution is 2.29. The molecule has 0 aromatic carbocycles. The Labute approximate surface area is 87.5 Å². The molecule has 0 radical (unpaired) electrons. The van der Waals surface area contributed by atoms with E-state index in [1.165, 1.54) is 6.20 Å². The van der Waals surface area contributed by atoms with E-state index in [9.17, 15) is 4.79 Å². The third kappa shape index (κ3) is 2.04. The third-order valence-corrected chi connectivity index (χ3v) is 2.64. The summed E-state index contributed by atoms with van der Waals surface area (Å²) in [4.78, 5) is 15.4. The molecule has 2 atom stereocenters. The fourth-order valence-corrected chi connectivity index (χ4v) is 1.40. The SMILES string of the molecule is CC1CC1NC(=O)c1ccc(Cl)nc1. The largest absolute Gasteiger partial charge is 0.349 e. The molecule has 74 valence electrons. The molecule has 1 N–H and O–H groups in total. The Morgan fingerprint density at radius 1 is 1.64 bits per heavy atom. The van der Waals surface area contributed by atoms with Crippen LogP contribution >= 0.6 is 11.6 Å². The number of halogens is 1. The number of aromatic nitrogens is 1. The molecule has 2 unspecified atom stereocenters. The first-order valence-corrected chi connectivity index (χ1v) is 4.97. The highest BCUT2D eigenvalue weighted by molar-refractivity contribution is 6.29. The van der Waals surface area contributed by atoms with E-state index in [-0.39, 0.29) is 5.91 Å². The van der Waals surface area contributed by atoms with Gasteiger partial charge >= 0.3 is 0 Å². The van der Waals surface area contributed by atoms with Gasteiger partial charge in [0.1, 0.15) is 5.15 Å². The predicted octanol–water partition coefficient (Wildman–Crippen LogP) is 1.87. The lowest BCUT2D eigenvalue weighted by Gasteiger charge is -2.02. The Morgan fingerprint density at radius 3 is 2.86 bits per heavy atom. The Balaban J connectivity index is 2.00. The van der Waals surface area contributed by atoms with Crippen LogP contribution < -0.4 is 5.32 Å². The lowest BCUT2D eigenvalue weighted by Crippen LogP contribution is -2.26. The fraction of sp³-hybridized carbons (Fsp3) is 0.400. The first-order valence-electron chi connectivity index (χ1n) is 4.59. The average molecular weight is 211 g/mol. The van der Waals surface area contributed by atoms with E-state index in [0.717, 1.165) is 6.42 Å². The number of nitrogens with one attached hydrogen (secondary N) is 1. The van der Waals surface area contributed by atoms with Gasteiger partial charge in [-0.2, -0.15) is 0 Å². The van der Waals surface area contributed by atoms with Crippen LogP contribution in [0.25, 0.3) is 0 Å². The van der Waals surface area contributed by atoms with Gasteiger partial charge in [0.05, 0.1) is 5.56 Å². The molecule has 1 aliphatic carbocycles. The second-order valence-corrected chi connectivity index (χ2v) is 4.05. The number of nitrogens with zero attached hydrogens (tertiary/aromatic N) is 1. The topological polar surface area (TPSA) is 42.0 Å². The molecule has 1 saturated carbocycles. The molecule has 1 aromatic rings. The van der Waals surface area contributed by atoms with Crippen molar-refractivity contribution >= 4 is 17.5 Å². The van der Waals surface area contributed by atoms with Crippen molar-refractivity contribution in [1.29, 1.82) is 0 Å². The maximum Gasteiger partial charge on any atom is 0.253 e. The summed E-state index contributed by atoms with van der Waals surface area (Å²) < 4.78 is 0. The van der Waals surface area contributed by atoms with Crippen molar-refractivity contribution in [2.45, 2.75) is 19.4 Å². The maximum absolute atomic E-state index is 11.6. The molecule has 2 rings (SSSR count). The van der Waals surface area contributed by atoms with Gasteiger partial charge in [-0.05, 0) is 24.5 Å². The fourth-order valence-electron chi connectivity index (χ4n) is 1.29. The zero-order valence-corrected chi connectivity index (χ0v) is 8.58. The first-order chi connectivity index (χ1) is 6.66. The lowest BCUT2D eigenvalue weighted by molar-refractivity contribution is 0.0949. The van der Waals surface area contributed by atoms with Gasteiger partial charge in [-0.3, -0.25) is 4.79 Å². The third-order valence-electron chi connectivity index (χ3n) is 2.42. The molecule has 0 spiro atoms. The van der Waals surface area contributed by atoms with Crippen molar-refractivity contribution in [3.05, 3.63) is 29.0 Å². The molecular formula is C10H11ClN2O. The van der Waals surface area contributed by atoms with Gasteiger partial charge in [0.2, 0.25) is 0 Å². The molecular weight excluding hydrogens is 200 g/mol. The minimum atomic E-state index is -0.0662. The Kier molecular flexibility index (Phi) is 2.42. The van der Waals surface area contributed by atoms with Crippen LogP contribution in [0.2, 0.25) is 5.15 Å². The van der Waals surface area contributed by atoms with Gasteiger partial charge in [-0.15, -0.1) is 0 Å². The maximum atomic E-state index is 11.6. The van der Waals surface area contributed by atoms with Crippen LogP contribution in [0.15, 0.2) is 18.3 Å². The Morgan fingerprint density at radius 2 is 2.36 bits per heavy atom. The highest BCUT2D eigenvalue weighted by Gasteiger charge is 2.33. The standard InChI is InChI=1S/C10H11ClN2O/c1-6-4-8(6)13-10(14)7-2-3-9(11)12-5-7/h2-3,5-6,8H,4H2,1H3,(H,13,14). The van der Waals surface area contributed by atoms with Crippen molar-refractivity contribution < 1.29 is 4.79 Å². The van der Waals surface area contributed by atoms with E-state index in [0.29, 0.717) is 22.7 Å². The smallest absolute Gasteiger partial charge is 0.253 e. The summed E-state index contributed by atoms with van der Waals surface area (Å²) in [6, 6.07) is 3.64. The van der Waals surface area contributed by atoms with E-state index in [1.54, 1.807) is 12.1 Å². The van der Waals surface area contributed by atoms with E-state index < -0.39 is 0 Å². The van der Waals surface area contributed by atoms with Crippen LogP contribution in [-0.2, 0) is 0 Å². The summed E-state index contributed by atoms with van der Waals surface area (Å²) in [6.07, 6.45) is 2.57. The van der Waals surface area contributed by atoms with Gasteiger partial charge in [-0.25, -0.2) is 4.98 Å². The number of hydrogen-bond acceptors (Lipinski definition) is 2. The van der Waals surface area contributed by atoms with Crippen LogP contribution in [0.4, 0.5) is 0 Å². The second kappa shape index (κ2) is 3.58. The predicted molar refractivity (Wildman–Crippen MR) is 54.3 cm³/mol. The van der Waals surface area contributed by atoms with E-state index in [1.807, 2.05) is 0 Å². The quantitative estimate of drug-likeness (QED) is 0.758. The molecule has 1 aliphatic rings. The lowest BCUT2D eigenvalue weighted by atomic mass is 10.2. The van der Waals surface area contributed by atoms with Crippen molar-refractivity contribution in [3.8, 4) is 0 Å². The van der Waals surface area contributed by atoms with Gasteiger partial charge in [0.15, 0.2) is 0 Å². The van der Waals surface area contributed by atoms with Crippen molar-refractivity contribution in [3.63, 3.8) is 0 Å². The molecule has 14 heavy (non-hydrogen) atoms. The minimum Gasteiger partial charge on any atom is -0.349 e. The van der Waals surface area contributed by atoms with Crippen LogP contribution in [0, 0.1) is 5.92 Å². The minimum absolute atomic E-state index is 0.0662. The summed E-state index contributed by atoms with van der Waals surface area (Å²) in [5.41, 5.74) is 0.563. The number of rotatable bonds is 2. The second-order valence-electron chi connectivity index (χ2n) is 3.66. The zero-order valence-electron chi connectivity index (χ0n) is 7.83. The first kappa shape index (κ1) is 9.46. The van der Waals surface area contributed by atoms with E-state index in [2.05, 4.69) is 17.2 Å². The normalized spacial score (nSPS) is 24.4. The van der Waals surface area contributed by atoms with Crippen LogP contribution in [-0.4, -0.2) is 16.9 Å². The molecule has 3 nitrogen and oxygen atoms in total. The number of hydrogen-bond donors (Lipinski definition) is 1. The average Bonchev–Trinajstić information content (AvgIpc) is 2.82. The molecule has 1 aromatic heterocycles. The molecule has 4 heteroatoms. The molecule has 0 aliphatic heterocycles. The summed E-state index contributed by atoms with van der Waals surface area (Å²) in [6.45, 7) is 2.12. The summed E-state index contributed by atoms with van der Waals surface area (Å²) in [5.74, 6) is 0.544. The summed E-state index contributed by atoms with van der Waals surface area (Å²) >= 11 is 5.61. The van der Waals surface area contributed by atoms with Crippen LogP contribution in [0.5, 0.6) is 0 Å². The molecule has 1 fully saturated rings. The van der Waals surface area contributed by atoms with Gasteiger partial charge in [0, 0.05) is 12.2 Å². The Hall–Kier alpha value is -1.09. The van der Waals surface area contributed by atoms with E-state index in [4.69, 9.17) is 11.6 Å². The van der Waals surface area contributed by atoms with Crippen molar-refractivity contribution in [1.82, 2.24) is 10.3 Å². The van der Waals surface area contributed by atoms with Crippen LogP contribution in [0.3, 0.4) is 0 Å². The van der Waals surface area contributed by atoms with Gasteiger partial charge < -0.3 is 5.32 Å². The van der Waals surface area contributed by atoms with Gasteiger partial charge in [0.25, 0.3) is 5.91 Å². The molecule has 0 saturated heterocycles. The van der Waals surface area contributed by atoms with Crippen molar-refractivity contribution in [2.75, 3.05) is 0 Å². The van der Waals surface area contributed by atoms with Gasteiger partial charge in [-0.1, -0.05) is 18.5 Å². The molecule has 0 bridgehead atoms. The number of amides is 1. The number of pyridine rings is 1. The Bertz CT molecular complexity index is 350. The number of carbonyl (C=O) groups is 1. The zero-order chi connectivity index (χ0) is 10.1. The monoisotopic (exact) mass is 210 g/mol. The van der Waals surface area contributed by atoms with E-state index >= 15 is 0 Å². The molecule has 1 amide bonds. The van der Waals surface area contributed by atoms with Crippen molar-refractivity contribution in [2.24, 2.45) is 5.92 Å². The molecule has 1 heterocycles. The summed E-state index contributed by atoms with van der Waals surface area (Å²) in [5, 5.41) is 3.32. The summed E-state index contributed by atoms with van der Waals surface area (Å²) in [7, 11) is 0. The highest BCUT2D eigenvalue weighted by atomic mass is 35.5.